The molecule has 0 aliphatic carbocycles. The minimum Gasteiger partial charge on any atom is -0.450 e. The van der Waals surface area contributed by atoms with Crippen LogP contribution in [0.25, 0.3) is 0 Å². The van der Waals surface area contributed by atoms with Gasteiger partial charge in [0.05, 0.1) is 72.9 Å². The van der Waals surface area contributed by atoms with Gasteiger partial charge in [0, 0.05) is 30.6 Å². The van der Waals surface area contributed by atoms with Crippen molar-refractivity contribution in [2.45, 2.75) is 258 Å². The summed E-state index contributed by atoms with van der Waals surface area (Å²) in [5, 5.41) is 24.9. The summed E-state index contributed by atoms with van der Waals surface area (Å²) in [6.45, 7) is 30.3. The molecule has 2 saturated heterocycles. The van der Waals surface area contributed by atoms with E-state index in [1.54, 1.807) is 20.8 Å². The zero-order valence-corrected chi connectivity index (χ0v) is 43.1. The van der Waals surface area contributed by atoms with E-state index in [9.17, 15) is 15.0 Å². The summed E-state index contributed by atoms with van der Waals surface area (Å²) >= 11 is 0. The Bertz CT molecular complexity index is 1290. The number of rotatable bonds is 27. The van der Waals surface area contributed by atoms with E-state index >= 15 is 0 Å². The summed E-state index contributed by atoms with van der Waals surface area (Å²) < 4.78 is 45.4. The van der Waals surface area contributed by atoms with Crippen LogP contribution in [0.15, 0.2) is 12.2 Å². The highest BCUT2D eigenvalue weighted by Gasteiger charge is 2.58. The minimum absolute atomic E-state index is 0.0392. The summed E-state index contributed by atoms with van der Waals surface area (Å²) in [5.74, 6) is -1.90. The highest BCUT2D eigenvalue weighted by atomic mass is 16.6. The normalized spacial score (nSPS) is 26.1. The second-order valence-corrected chi connectivity index (χ2v) is 22.5. The smallest absolute Gasteiger partial charge is 0.307 e. The molecule has 0 aromatic carbocycles. The van der Waals surface area contributed by atoms with Crippen LogP contribution < -0.4 is 5.32 Å². The fourth-order valence-electron chi connectivity index (χ4n) is 9.34. The first-order chi connectivity index (χ1) is 29.2. The summed E-state index contributed by atoms with van der Waals surface area (Å²) in [5.41, 5.74) is -4.07. The number of nitrogens with one attached hydrogen (secondary N) is 1. The van der Waals surface area contributed by atoms with E-state index in [0.717, 1.165) is 25.7 Å². The van der Waals surface area contributed by atoms with Crippen molar-refractivity contribution < 1.29 is 48.2 Å². The van der Waals surface area contributed by atoms with Crippen LogP contribution in [0.5, 0.6) is 0 Å². The number of hydrogen-bond donors (Lipinski definition) is 3. The van der Waals surface area contributed by atoms with Crippen LogP contribution in [0.3, 0.4) is 0 Å². The molecule has 0 aromatic heterocycles. The van der Waals surface area contributed by atoms with Gasteiger partial charge in [0.1, 0.15) is 6.73 Å². The van der Waals surface area contributed by atoms with Crippen molar-refractivity contribution in [3.63, 3.8) is 0 Å². The topological polar surface area (TPSA) is 134 Å². The highest BCUT2D eigenvalue weighted by molar-refractivity contribution is 5.69. The third-order valence-electron chi connectivity index (χ3n) is 13.4. The largest absolute Gasteiger partial charge is 0.450 e. The average molecular weight is 898 g/mol. The van der Waals surface area contributed by atoms with Crippen LogP contribution >= 0.6 is 0 Å². The molecule has 0 amide bonds. The lowest BCUT2D eigenvalue weighted by molar-refractivity contribution is -0.265. The molecule has 0 bridgehead atoms. The molecule has 2 aliphatic rings. The first-order valence-corrected chi connectivity index (χ1v) is 25.1. The molecule has 2 aliphatic heterocycles. The minimum atomic E-state index is -1.39. The Hall–Kier alpha value is -1.15. The molecular weight excluding hydrogens is 799 g/mol. The van der Waals surface area contributed by atoms with Crippen LogP contribution in [0.1, 0.15) is 213 Å². The third-order valence-corrected chi connectivity index (χ3v) is 13.4. The van der Waals surface area contributed by atoms with E-state index in [1.807, 2.05) is 13.8 Å². The highest BCUT2D eigenvalue weighted by Crippen LogP contribution is 2.50. The van der Waals surface area contributed by atoms with Gasteiger partial charge in [-0.25, -0.2) is 0 Å². The van der Waals surface area contributed by atoms with Gasteiger partial charge in [0.15, 0.2) is 5.79 Å². The van der Waals surface area contributed by atoms with Crippen LogP contribution in [-0.4, -0.2) is 102 Å². The van der Waals surface area contributed by atoms with Gasteiger partial charge in [0.2, 0.25) is 0 Å². The van der Waals surface area contributed by atoms with Gasteiger partial charge in [-0.05, 0) is 141 Å². The molecular formula is C52H99NO10. The quantitative estimate of drug-likeness (QED) is 0.0315. The molecule has 2 heterocycles. The number of esters is 1. The van der Waals surface area contributed by atoms with Crippen molar-refractivity contribution in [3.05, 3.63) is 12.2 Å². The molecule has 2 fully saturated rings. The van der Waals surface area contributed by atoms with E-state index in [2.05, 4.69) is 79.8 Å². The number of ether oxygens (including phenoxy) is 7. The Morgan fingerprint density at radius 2 is 1.33 bits per heavy atom. The predicted molar refractivity (Wildman–Crippen MR) is 254 cm³/mol. The van der Waals surface area contributed by atoms with Gasteiger partial charge in [-0.2, -0.15) is 0 Å². The van der Waals surface area contributed by atoms with Crippen molar-refractivity contribution in [2.75, 3.05) is 39.9 Å². The first-order valence-electron chi connectivity index (χ1n) is 25.1. The molecule has 0 spiro atoms. The van der Waals surface area contributed by atoms with E-state index in [1.165, 1.54) is 57.8 Å². The lowest BCUT2D eigenvalue weighted by Gasteiger charge is -2.49. The van der Waals surface area contributed by atoms with Crippen molar-refractivity contribution in [2.24, 2.45) is 17.8 Å². The maximum atomic E-state index is 12.5. The molecule has 0 saturated carbocycles. The van der Waals surface area contributed by atoms with Gasteiger partial charge >= 0.3 is 5.97 Å². The second-order valence-electron chi connectivity index (χ2n) is 22.5. The Morgan fingerprint density at radius 3 is 1.95 bits per heavy atom. The van der Waals surface area contributed by atoms with Crippen LogP contribution in [0.4, 0.5) is 0 Å². The number of carbonyl (C=O) groups excluding carboxylic acids is 1. The molecule has 5 unspecified atom stereocenters. The maximum Gasteiger partial charge on any atom is 0.307 e. The first kappa shape index (κ1) is 58.0. The standard InChI is InChI=1S/C52H99NO10/c1-15-16-17-18-19-20-21-22-23-24-25-26-27-28-29-30-43(54)58-39-53-40-62-48(6,7)37-41-45-44(42(38-57-45)50(10,11)59-34-31-46(2,3)55)51(12,13)61-35-32-47(4,5)63-52(14,56)33-36-60-49(41,8)9/h22-23,41-42,44-45,53,55-56H,15-21,24-40H2,1-14H3/b23-22-. The lowest BCUT2D eigenvalue weighted by Crippen LogP contribution is -2.56. The monoisotopic (exact) mass is 898 g/mol. The van der Waals surface area contributed by atoms with Gasteiger partial charge in [-0.3, -0.25) is 10.1 Å². The van der Waals surface area contributed by atoms with E-state index in [4.69, 9.17) is 33.2 Å². The Morgan fingerprint density at radius 1 is 0.762 bits per heavy atom. The van der Waals surface area contributed by atoms with Gasteiger partial charge in [-0.15, -0.1) is 0 Å². The van der Waals surface area contributed by atoms with Crippen LogP contribution in [0, 0.1) is 17.8 Å². The molecule has 372 valence electrons. The maximum absolute atomic E-state index is 12.5. The Balaban J connectivity index is 2.02. The van der Waals surface area contributed by atoms with Crippen molar-refractivity contribution in [1.29, 1.82) is 0 Å². The van der Waals surface area contributed by atoms with Crippen LogP contribution in [0.2, 0.25) is 0 Å². The number of fused-ring (bicyclic) bond motifs is 1. The molecule has 3 N–H and O–H groups in total. The molecule has 0 radical (unpaired) electrons. The number of allylic oxidation sites excluding steroid dienone is 2. The Kier molecular flexibility index (Phi) is 24.8. The van der Waals surface area contributed by atoms with E-state index < -0.39 is 39.4 Å². The molecule has 2 rings (SSSR count). The fourth-order valence-corrected chi connectivity index (χ4v) is 9.34. The lowest BCUT2D eigenvalue weighted by atomic mass is 9.65. The molecule has 5 atom stereocenters. The SMILES string of the molecule is CCCCCCCC/C=C\CCCCCCCC(=O)OCNCOC(C)(C)CC1C2OCC(C(C)(C)OCCC(C)(C)O)C2C(C)(C)OCCC(C)(C)OC(C)(O)CCOC1(C)C. The fraction of sp³-hybridized carbons (Fsp3) is 0.942. The molecule has 11 heteroatoms. The number of aliphatic hydroxyl groups is 2. The number of carbonyl (C=O) groups is 1. The van der Waals surface area contributed by atoms with Crippen molar-refractivity contribution in [1.82, 2.24) is 5.32 Å². The number of hydrogen-bond acceptors (Lipinski definition) is 11. The molecule has 11 nitrogen and oxygen atoms in total. The predicted octanol–water partition coefficient (Wildman–Crippen LogP) is 11.3. The van der Waals surface area contributed by atoms with E-state index in [-0.39, 0.29) is 49.9 Å². The average Bonchev–Trinajstić information content (AvgIpc) is 3.61. The Labute approximate surface area is 386 Å². The zero-order valence-electron chi connectivity index (χ0n) is 43.1. The third kappa shape index (κ3) is 23.4. The van der Waals surface area contributed by atoms with Gasteiger partial charge in [0.25, 0.3) is 0 Å². The van der Waals surface area contributed by atoms with Crippen LogP contribution in [-0.2, 0) is 38.0 Å². The summed E-state index contributed by atoms with van der Waals surface area (Å²) in [6.07, 6.45) is 22.7. The van der Waals surface area contributed by atoms with Gasteiger partial charge < -0.3 is 43.4 Å². The van der Waals surface area contributed by atoms with Gasteiger partial charge in [-0.1, -0.05) is 70.4 Å². The molecule has 0 aromatic rings. The number of unbranched alkanes of at least 4 members (excludes halogenated alkanes) is 11. The van der Waals surface area contributed by atoms with E-state index in [0.29, 0.717) is 51.9 Å². The molecule has 63 heavy (non-hydrogen) atoms. The zero-order chi connectivity index (χ0) is 47.4. The van der Waals surface area contributed by atoms with Crippen molar-refractivity contribution in [3.8, 4) is 0 Å². The summed E-state index contributed by atoms with van der Waals surface area (Å²) in [4.78, 5) is 12.5. The second kappa shape index (κ2) is 27.0. The van der Waals surface area contributed by atoms with Crippen molar-refractivity contribution >= 4 is 5.97 Å². The summed E-state index contributed by atoms with van der Waals surface area (Å²) in [6, 6.07) is 0. The summed E-state index contributed by atoms with van der Waals surface area (Å²) in [7, 11) is 0.